The van der Waals surface area contributed by atoms with Crippen molar-refractivity contribution in [3.05, 3.63) is 58.1 Å². The van der Waals surface area contributed by atoms with Crippen LogP contribution in [-0.4, -0.2) is 54.5 Å². The first kappa shape index (κ1) is 26.8. The fourth-order valence-electron chi connectivity index (χ4n) is 4.25. The van der Waals surface area contributed by atoms with Gasteiger partial charge in [0.1, 0.15) is 17.5 Å². The molecule has 1 N–H and O–H groups in total. The van der Waals surface area contributed by atoms with E-state index in [0.717, 1.165) is 31.2 Å². The lowest BCUT2D eigenvalue weighted by Crippen LogP contribution is -2.51. The highest BCUT2D eigenvalue weighted by Gasteiger charge is 2.28. The summed E-state index contributed by atoms with van der Waals surface area (Å²) in [4.78, 5) is 38.4. The van der Waals surface area contributed by atoms with Gasteiger partial charge in [-0.1, -0.05) is 31.4 Å². The van der Waals surface area contributed by atoms with Crippen molar-refractivity contribution >= 4 is 17.5 Å². The lowest BCUT2D eigenvalue weighted by molar-refractivity contribution is -0.385. The van der Waals surface area contributed by atoms with E-state index in [9.17, 15) is 19.7 Å². The van der Waals surface area contributed by atoms with E-state index in [0.29, 0.717) is 5.75 Å². The van der Waals surface area contributed by atoms with Gasteiger partial charge in [0.15, 0.2) is 6.61 Å². The van der Waals surface area contributed by atoms with Crippen LogP contribution < -0.4 is 19.5 Å². The van der Waals surface area contributed by atoms with Gasteiger partial charge in [-0.15, -0.1) is 0 Å². The summed E-state index contributed by atoms with van der Waals surface area (Å²) in [6.07, 6.45) is 5.21. The molecule has 0 radical (unpaired) electrons. The molecule has 36 heavy (non-hydrogen) atoms. The van der Waals surface area contributed by atoms with Crippen molar-refractivity contribution in [2.45, 2.75) is 57.7 Å². The first-order valence-electron chi connectivity index (χ1n) is 12.0. The number of methoxy groups -OCH3 is 2. The third-order valence-electron chi connectivity index (χ3n) is 6.32. The molecule has 0 spiro atoms. The Morgan fingerprint density at radius 1 is 1.08 bits per heavy atom. The smallest absolute Gasteiger partial charge is 0.311 e. The number of nitrogens with one attached hydrogen (secondary N) is 1. The molecular formula is C26H33N3O7. The van der Waals surface area contributed by atoms with E-state index >= 15 is 0 Å². The van der Waals surface area contributed by atoms with Crippen LogP contribution in [0.15, 0.2) is 42.5 Å². The molecule has 0 heterocycles. The monoisotopic (exact) mass is 499 g/mol. The Hall–Kier alpha value is -3.82. The second-order valence-electron chi connectivity index (χ2n) is 8.77. The van der Waals surface area contributed by atoms with Crippen LogP contribution in [0.25, 0.3) is 0 Å². The Morgan fingerprint density at radius 2 is 1.83 bits per heavy atom. The summed E-state index contributed by atoms with van der Waals surface area (Å²) in [6, 6.07) is 10.7. The van der Waals surface area contributed by atoms with Crippen LogP contribution in [0.1, 0.15) is 44.6 Å². The molecule has 10 nitrogen and oxygen atoms in total. The van der Waals surface area contributed by atoms with Crippen molar-refractivity contribution in [3.63, 3.8) is 0 Å². The highest BCUT2D eigenvalue weighted by atomic mass is 16.6. The van der Waals surface area contributed by atoms with E-state index in [-0.39, 0.29) is 42.3 Å². The molecule has 1 unspecified atom stereocenters. The number of nitro groups is 1. The highest BCUT2D eigenvalue weighted by molar-refractivity contribution is 5.88. The minimum Gasteiger partial charge on any atom is -0.497 e. The number of ether oxygens (including phenoxy) is 3. The van der Waals surface area contributed by atoms with Gasteiger partial charge in [0.25, 0.3) is 5.91 Å². The molecule has 1 fully saturated rings. The van der Waals surface area contributed by atoms with Gasteiger partial charge < -0.3 is 24.4 Å². The Bertz CT molecular complexity index is 1070. The van der Waals surface area contributed by atoms with Gasteiger partial charge >= 0.3 is 5.69 Å². The van der Waals surface area contributed by atoms with Gasteiger partial charge in [0.2, 0.25) is 11.7 Å². The molecule has 2 aromatic carbocycles. The van der Waals surface area contributed by atoms with E-state index in [2.05, 4.69) is 5.32 Å². The molecular weight excluding hydrogens is 466 g/mol. The molecule has 0 aliphatic heterocycles. The zero-order chi connectivity index (χ0) is 26.1. The molecule has 1 aliphatic rings. The standard InChI is InChI=1S/C26H33N3O7/c1-18(26(31)27-20-9-5-4-6-10-20)28(16-19-8-7-11-21(14-19)34-2)25(30)17-36-22-12-13-23(29(32)33)24(15-22)35-3/h7-8,11-15,18,20H,4-6,9-10,16-17H2,1-3H3,(H,27,31). The number of benzene rings is 2. The molecule has 0 saturated heterocycles. The number of nitro benzene ring substituents is 1. The maximum atomic E-state index is 13.3. The lowest BCUT2D eigenvalue weighted by Gasteiger charge is -2.31. The molecule has 1 saturated carbocycles. The Labute approximate surface area is 210 Å². The van der Waals surface area contributed by atoms with E-state index in [1.165, 1.54) is 36.6 Å². The van der Waals surface area contributed by atoms with Crippen molar-refractivity contribution in [1.29, 1.82) is 0 Å². The number of amides is 2. The number of hydrogen-bond donors (Lipinski definition) is 1. The molecule has 194 valence electrons. The van der Waals surface area contributed by atoms with Gasteiger partial charge in [0, 0.05) is 24.7 Å². The number of rotatable bonds is 11. The molecule has 3 rings (SSSR count). The fourth-order valence-corrected chi connectivity index (χ4v) is 4.25. The first-order valence-corrected chi connectivity index (χ1v) is 12.0. The molecule has 10 heteroatoms. The number of nitrogens with zero attached hydrogens (tertiary/aromatic N) is 2. The highest BCUT2D eigenvalue weighted by Crippen LogP contribution is 2.31. The molecule has 0 bridgehead atoms. The third-order valence-corrected chi connectivity index (χ3v) is 6.32. The van der Waals surface area contributed by atoms with Gasteiger partial charge in [-0.25, -0.2) is 0 Å². The first-order chi connectivity index (χ1) is 17.3. The molecule has 1 atom stereocenters. The minimum absolute atomic E-state index is 0.0263. The van der Waals surface area contributed by atoms with Crippen LogP contribution in [0.4, 0.5) is 5.69 Å². The molecule has 2 aromatic rings. The zero-order valence-corrected chi connectivity index (χ0v) is 20.9. The van der Waals surface area contributed by atoms with Gasteiger partial charge in [-0.05, 0) is 43.5 Å². The summed E-state index contributed by atoms with van der Waals surface area (Å²) < 4.78 is 16.0. The van der Waals surface area contributed by atoms with Crippen LogP contribution in [0.5, 0.6) is 17.2 Å². The van der Waals surface area contributed by atoms with Gasteiger partial charge in [-0.3, -0.25) is 19.7 Å². The molecule has 1 aliphatic carbocycles. The number of hydrogen-bond acceptors (Lipinski definition) is 7. The molecule has 0 aromatic heterocycles. The van der Waals surface area contributed by atoms with Crippen molar-refractivity contribution in [1.82, 2.24) is 10.2 Å². The van der Waals surface area contributed by atoms with Gasteiger partial charge in [-0.2, -0.15) is 0 Å². The fraction of sp³-hybridized carbons (Fsp3) is 0.462. The number of carbonyl (C=O) groups excluding carboxylic acids is 2. The normalized spacial score (nSPS) is 14.4. The summed E-state index contributed by atoms with van der Waals surface area (Å²) in [5, 5.41) is 14.2. The summed E-state index contributed by atoms with van der Waals surface area (Å²) in [5.41, 5.74) is 0.598. The second-order valence-corrected chi connectivity index (χ2v) is 8.77. The van der Waals surface area contributed by atoms with Crippen molar-refractivity contribution in [3.8, 4) is 17.2 Å². The summed E-state index contributed by atoms with van der Waals surface area (Å²) in [7, 11) is 2.88. The molecule has 2 amide bonds. The zero-order valence-electron chi connectivity index (χ0n) is 20.9. The van der Waals surface area contributed by atoms with Crippen LogP contribution in [-0.2, 0) is 16.1 Å². The maximum absolute atomic E-state index is 13.3. The second kappa shape index (κ2) is 12.8. The lowest BCUT2D eigenvalue weighted by atomic mass is 9.95. The SMILES string of the molecule is COc1cccc(CN(C(=O)COc2ccc([N+](=O)[O-])c(OC)c2)C(C)C(=O)NC2CCCCC2)c1. The number of carbonyl (C=O) groups is 2. The topological polar surface area (TPSA) is 120 Å². The van der Waals surface area contributed by atoms with E-state index < -0.39 is 16.9 Å². The largest absolute Gasteiger partial charge is 0.497 e. The maximum Gasteiger partial charge on any atom is 0.311 e. The van der Waals surface area contributed by atoms with Crippen molar-refractivity contribution < 1.29 is 28.7 Å². The third kappa shape index (κ3) is 7.10. The van der Waals surface area contributed by atoms with Crippen LogP contribution in [0.2, 0.25) is 0 Å². The quantitative estimate of drug-likeness (QED) is 0.368. The van der Waals surface area contributed by atoms with Gasteiger partial charge in [0.05, 0.1) is 19.1 Å². The van der Waals surface area contributed by atoms with Crippen LogP contribution in [0.3, 0.4) is 0 Å². The predicted octanol–water partition coefficient (Wildman–Crippen LogP) is 3.86. The average Bonchev–Trinajstić information content (AvgIpc) is 2.90. The van der Waals surface area contributed by atoms with Crippen LogP contribution >= 0.6 is 0 Å². The minimum atomic E-state index is -0.736. The van der Waals surface area contributed by atoms with E-state index in [1.54, 1.807) is 20.1 Å². The average molecular weight is 500 g/mol. The van der Waals surface area contributed by atoms with E-state index in [1.807, 2.05) is 18.2 Å². The Balaban J connectivity index is 1.75. The Kier molecular flexibility index (Phi) is 9.49. The summed E-state index contributed by atoms with van der Waals surface area (Å²) in [5.74, 6) is 0.301. The van der Waals surface area contributed by atoms with Crippen molar-refractivity contribution in [2.24, 2.45) is 0 Å². The van der Waals surface area contributed by atoms with E-state index in [4.69, 9.17) is 14.2 Å². The van der Waals surface area contributed by atoms with Crippen molar-refractivity contribution in [2.75, 3.05) is 20.8 Å². The van der Waals surface area contributed by atoms with Crippen LogP contribution in [0, 0.1) is 10.1 Å². The summed E-state index contributed by atoms with van der Waals surface area (Å²) >= 11 is 0. The Morgan fingerprint density at radius 3 is 2.50 bits per heavy atom. The predicted molar refractivity (Wildman–Crippen MR) is 133 cm³/mol. The summed E-state index contributed by atoms with van der Waals surface area (Å²) in [6.45, 7) is 1.53.